The van der Waals surface area contributed by atoms with E-state index < -0.39 is 0 Å². The average molecular weight is 307 g/mol. The molecule has 2 aromatic carbocycles. The lowest BCUT2D eigenvalue weighted by Gasteiger charge is -2.17. The summed E-state index contributed by atoms with van der Waals surface area (Å²) in [6.45, 7) is 0.312. The van der Waals surface area contributed by atoms with Crippen LogP contribution in [-0.4, -0.2) is 22.5 Å². The number of rotatable bonds is 4. The van der Waals surface area contributed by atoms with Gasteiger partial charge in [-0.2, -0.15) is 0 Å². The maximum atomic E-state index is 12.4. The van der Waals surface area contributed by atoms with E-state index in [1.807, 2.05) is 42.5 Å². The van der Waals surface area contributed by atoms with E-state index in [0.717, 1.165) is 5.69 Å². The third kappa shape index (κ3) is 3.13. The molecular weight excluding hydrogens is 290 g/mol. The van der Waals surface area contributed by atoms with E-state index in [0.29, 0.717) is 17.4 Å². The number of benzene rings is 2. The Kier molecular flexibility index (Phi) is 4.19. The van der Waals surface area contributed by atoms with Gasteiger partial charge in [0.2, 0.25) is 5.91 Å². The van der Waals surface area contributed by atoms with Crippen molar-refractivity contribution in [2.75, 3.05) is 11.9 Å². The van der Waals surface area contributed by atoms with E-state index in [2.05, 4.69) is 4.98 Å². The zero-order valence-electron chi connectivity index (χ0n) is 12.8. The minimum atomic E-state index is -0.120. The van der Waals surface area contributed by atoms with Gasteiger partial charge in [-0.1, -0.05) is 30.3 Å². The smallest absolute Gasteiger partial charge is 0.261 e. The number of para-hydroxylation sites is 2. The Labute approximate surface area is 133 Å². The molecule has 3 rings (SSSR count). The third-order valence-electron chi connectivity index (χ3n) is 3.82. The van der Waals surface area contributed by atoms with Crippen molar-refractivity contribution in [2.45, 2.75) is 13.0 Å². The molecule has 1 aromatic heterocycles. The summed E-state index contributed by atoms with van der Waals surface area (Å²) in [5, 5.41) is 0.568. The molecular formula is C18H17N3O2. The summed E-state index contributed by atoms with van der Waals surface area (Å²) in [7, 11) is 1.74. The van der Waals surface area contributed by atoms with Crippen molar-refractivity contribution >= 4 is 22.5 Å². The van der Waals surface area contributed by atoms with E-state index in [-0.39, 0.29) is 17.9 Å². The predicted octanol–water partition coefficient (Wildman–Crippen LogP) is 2.45. The normalized spacial score (nSPS) is 10.7. The van der Waals surface area contributed by atoms with Crippen molar-refractivity contribution in [1.82, 2.24) is 9.55 Å². The van der Waals surface area contributed by atoms with E-state index in [4.69, 9.17) is 0 Å². The first-order chi connectivity index (χ1) is 11.2. The summed E-state index contributed by atoms with van der Waals surface area (Å²) in [5.41, 5.74) is 1.38. The van der Waals surface area contributed by atoms with Crippen molar-refractivity contribution in [1.29, 1.82) is 0 Å². The first kappa shape index (κ1) is 15.0. The van der Waals surface area contributed by atoms with Crippen LogP contribution in [0.4, 0.5) is 5.69 Å². The highest BCUT2D eigenvalue weighted by molar-refractivity contribution is 5.92. The van der Waals surface area contributed by atoms with E-state index in [1.54, 1.807) is 24.1 Å². The third-order valence-corrected chi connectivity index (χ3v) is 3.82. The second kappa shape index (κ2) is 6.44. The molecule has 0 spiro atoms. The Hall–Kier alpha value is -2.95. The fourth-order valence-corrected chi connectivity index (χ4v) is 2.44. The largest absolute Gasteiger partial charge is 0.315 e. The van der Waals surface area contributed by atoms with Crippen molar-refractivity contribution in [3.8, 4) is 0 Å². The van der Waals surface area contributed by atoms with Crippen molar-refractivity contribution in [3.63, 3.8) is 0 Å². The number of nitrogens with zero attached hydrogens (tertiary/aromatic N) is 3. The molecule has 0 aliphatic carbocycles. The molecule has 116 valence electrons. The number of anilines is 1. The number of aromatic nitrogens is 2. The first-order valence-electron chi connectivity index (χ1n) is 7.42. The Morgan fingerprint density at radius 1 is 1.09 bits per heavy atom. The fourth-order valence-electron chi connectivity index (χ4n) is 2.44. The number of hydrogen-bond acceptors (Lipinski definition) is 3. The number of hydrogen-bond donors (Lipinski definition) is 0. The van der Waals surface area contributed by atoms with Gasteiger partial charge in [-0.25, -0.2) is 4.98 Å². The molecule has 0 saturated heterocycles. The lowest BCUT2D eigenvalue weighted by molar-refractivity contribution is -0.118. The minimum Gasteiger partial charge on any atom is -0.315 e. The maximum Gasteiger partial charge on any atom is 0.261 e. The summed E-state index contributed by atoms with van der Waals surface area (Å²) in [4.78, 5) is 30.5. The van der Waals surface area contributed by atoms with Gasteiger partial charge in [0.15, 0.2) is 0 Å². The van der Waals surface area contributed by atoms with Gasteiger partial charge in [-0.15, -0.1) is 0 Å². The van der Waals surface area contributed by atoms with Gasteiger partial charge < -0.3 is 4.90 Å². The molecule has 1 amide bonds. The fraction of sp³-hybridized carbons (Fsp3) is 0.167. The van der Waals surface area contributed by atoms with Crippen LogP contribution in [0.2, 0.25) is 0 Å². The molecule has 1 heterocycles. The Balaban J connectivity index is 1.75. The molecule has 5 nitrogen and oxygen atoms in total. The monoisotopic (exact) mass is 307 g/mol. The van der Waals surface area contributed by atoms with Crippen LogP contribution in [0.1, 0.15) is 6.42 Å². The molecule has 0 atom stereocenters. The summed E-state index contributed by atoms with van der Waals surface area (Å²) in [5.74, 6) is -0.0451. The van der Waals surface area contributed by atoms with Gasteiger partial charge in [0.25, 0.3) is 5.56 Å². The van der Waals surface area contributed by atoms with Crippen molar-refractivity contribution in [3.05, 3.63) is 71.3 Å². The topological polar surface area (TPSA) is 55.2 Å². The average Bonchev–Trinajstić information content (AvgIpc) is 2.61. The van der Waals surface area contributed by atoms with Crippen LogP contribution in [0.5, 0.6) is 0 Å². The molecule has 5 heteroatoms. The van der Waals surface area contributed by atoms with Gasteiger partial charge in [-0.05, 0) is 24.3 Å². The minimum absolute atomic E-state index is 0.0451. The second-order valence-corrected chi connectivity index (χ2v) is 5.30. The van der Waals surface area contributed by atoms with Gasteiger partial charge in [-0.3, -0.25) is 14.2 Å². The molecule has 0 fully saturated rings. The van der Waals surface area contributed by atoms with Crippen LogP contribution in [0.3, 0.4) is 0 Å². The lowest BCUT2D eigenvalue weighted by atomic mass is 10.2. The highest BCUT2D eigenvalue weighted by atomic mass is 16.2. The molecule has 0 unspecified atom stereocenters. The molecule has 3 aromatic rings. The number of amides is 1. The zero-order valence-corrected chi connectivity index (χ0v) is 12.8. The molecule has 23 heavy (non-hydrogen) atoms. The summed E-state index contributed by atoms with van der Waals surface area (Å²) >= 11 is 0. The summed E-state index contributed by atoms with van der Waals surface area (Å²) in [6, 6.07) is 16.6. The van der Waals surface area contributed by atoms with E-state index >= 15 is 0 Å². The number of carbonyl (C=O) groups excluding carboxylic acids is 1. The quantitative estimate of drug-likeness (QED) is 0.744. The lowest BCUT2D eigenvalue weighted by Crippen LogP contribution is -2.29. The van der Waals surface area contributed by atoms with Crippen molar-refractivity contribution < 1.29 is 4.79 Å². The van der Waals surface area contributed by atoms with E-state index in [1.165, 1.54) is 10.9 Å². The Bertz CT molecular complexity index is 887. The van der Waals surface area contributed by atoms with Crippen LogP contribution >= 0.6 is 0 Å². The van der Waals surface area contributed by atoms with Gasteiger partial charge in [0, 0.05) is 25.7 Å². The number of fused-ring (bicyclic) bond motifs is 1. The molecule has 0 aliphatic rings. The van der Waals surface area contributed by atoms with Crippen LogP contribution in [0, 0.1) is 0 Å². The van der Waals surface area contributed by atoms with Crippen LogP contribution < -0.4 is 10.5 Å². The van der Waals surface area contributed by atoms with Gasteiger partial charge >= 0.3 is 0 Å². The molecule has 0 N–H and O–H groups in total. The Morgan fingerprint density at radius 3 is 2.57 bits per heavy atom. The highest BCUT2D eigenvalue weighted by Gasteiger charge is 2.11. The Morgan fingerprint density at radius 2 is 1.78 bits per heavy atom. The standard InChI is InChI=1S/C18H17N3O2/c1-20(14-7-3-2-4-8-14)17(22)11-12-21-13-19-16-10-6-5-9-15(16)18(21)23/h2-10,13H,11-12H2,1H3. The number of carbonyl (C=O) groups is 1. The van der Waals surface area contributed by atoms with Gasteiger partial charge in [0.05, 0.1) is 17.2 Å². The molecule has 0 aliphatic heterocycles. The molecule has 0 radical (unpaired) electrons. The van der Waals surface area contributed by atoms with Crippen molar-refractivity contribution in [2.24, 2.45) is 0 Å². The highest BCUT2D eigenvalue weighted by Crippen LogP contribution is 2.12. The summed E-state index contributed by atoms with van der Waals surface area (Å²) < 4.78 is 1.49. The maximum absolute atomic E-state index is 12.4. The van der Waals surface area contributed by atoms with Crippen LogP contribution in [0.25, 0.3) is 10.9 Å². The molecule has 0 bridgehead atoms. The number of aryl methyl sites for hydroxylation is 1. The van der Waals surface area contributed by atoms with Gasteiger partial charge in [0.1, 0.15) is 0 Å². The van der Waals surface area contributed by atoms with E-state index in [9.17, 15) is 9.59 Å². The first-order valence-corrected chi connectivity index (χ1v) is 7.42. The zero-order chi connectivity index (χ0) is 16.2. The second-order valence-electron chi connectivity index (χ2n) is 5.30. The SMILES string of the molecule is CN(C(=O)CCn1cnc2ccccc2c1=O)c1ccccc1. The van der Waals surface area contributed by atoms with Crippen LogP contribution in [0.15, 0.2) is 65.7 Å². The summed E-state index contributed by atoms with van der Waals surface area (Å²) in [6.07, 6.45) is 1.74. The van der Waals surface area contributed by atoms with Crippen LogP contribution in [-0.2, 0) is 11.3 Å². The predicted molar refractivity (Wildman–Crippen MR) is 90.5 cm³/mol. The molecule has 0 saturated carbocycles.